The first-order valence-corrected chi connectivity index (χ1v) is 4.80. The van der Waals surface area contributed by atoms with Crippen molar-refractivity contribution in [1.29, 1.82) is 0 Å². The second kappa shape index (κ2) is 5.36. The number of aliphatic hydroxyl groups excluding tert-OH is 1. The highest BCUT2D eigenvalue weighted by Gasteiger charge is 2.04. The van der Waals surface area contributed by atoms with E-state index in [9.17, 15) is 9.90 Å². The number of amides is 1. The maximum absolute atomic E-state index is 11.3. The number of nitrogens with one attached hydrogen (secondary N) is 1. The molecule has 0 saturated heterocycles. The van der Waals surface area contributed by atoms with E-state index in [0.717, 1.165) is 5.56 Å². The van der Waals surface area contributed by atoms with Crippen molar-refractivity contribution >= 4 is 5.91 Å². The molecule has 82 valence electrons. The highest BCUT2D eigenvalue weighted by Crippen LogP contribution is 2.10. The van der Waals surface area contributed by atoms with Gasteiger partial charge in [0.1, 0.15) is 5.75 Å². The molecule has 0 spiro atoms. The number of carbonyl (C=O) groups is 1. The predicted molar refractivity (Wildman–Crippen MR) is 56.5 cm³/mol. The fourth-order valence-corrected chi connectivity index (χ4v) is 1.18. The zero-order chi connectivity index (χ0) is 11.3. The van der Waals surface area contributed by atoms with Crippen LogP contribution in [-0.4, -0.2) is 28.8 Å². The Kier molecular flexibility index (Phi) is 4.12. The SMILES string of the molecule is C[C@@H](O)CNC(=O)Cc1cccc(O)c1. The highest BCUT2D eigenvalue weighted by molar-refractivity contribution is 5.78. The van der Waals surface area contributed by atoms with Crippen molar-refractivity contribution in [3.63, 3.8) is 0 Å². The lowest BCUT2D eigenvalue weighted by molar-refractivity contribution is -0.120. The predicted octanol–water partition coefficient (Wildman–Crippen LogP) is 0.432. The van der Waals surface area contributed by atoms with E-state index < -0.39 is 6.10 Å². The van der Waals surface area contributed by atoms with Crippen LogP contribution in [0, 0.1) is 0 Å². The molecule has 0 saturated carbocycles. The van der Waals surface area contributed by atoms with Crippen molar-refractivity contribution < 1.29 is 15.0 Å². The van der Waals surface area contributed by atoms with E-state index in [-0.39, 0.29) is 24.6 Å². The Morgan fingerprint density at radius 3 is 2.87 bits per heavy atom. The van der Waals surface area contributed by atoms with Crippen LogP contribution in [0.3, 0.4) is 0 Å². The van der Waals surface area contributed by atoms with Crippen LogP contribution in [-0.2, 0) is 11.2 Å². The molecule has 0 aliphatic carbocycles. The number of rotatable bonds is 4. The number of hydrogen-bond donors (Lipinski definition) is 3. The van der Waals surface area contributed by atoms with Crippen LogP contribution in [0.25, 0.3) is 0 Å². The summed E-state index contributed by atoms with van der Waals surface area (Å²) in [5, 5.41) is 20.7. The normalized spacial score (nSPS) is 12.1. The summed E-state index contributed by atoms with van der Waals surface area (Å²) >= 11 is 0. The van der Waals surface area contributed by atoms with Crippen molar-refractivity contribution in [2.45, 2.75) is 19.4 Å². The van der Waals surface area contributed by atoms with Crippen LogP contribution in [0.5, 0.6) is 5.75 Å². The van der Waals surface area contributed by atoms with E-state index >= 15 is 0 Å². The Morgan fingerprint density at radius 1 is 1.53 bits per heavy atom. The van der Waals surface area contributed by atoms with Gasteiger partial charge in [0.25, 0.3) is 0 Å². The van der Waals surface area contributed by atoms with Gasteiger partial charge in [0, 0.05) is 6.54 Å². The number of phenols is 1. The molecule has 0 bridgehead atoms. The zero-order valence-corrected chi connectivity index (χ0v) is 8.60. The van der Waals surface area contributed by atoms with Gasteiger partial charge in [-0.3, -0.25) is 4.79 Å². The van der Waals surface area contributed by atoms with E-state index in [0.29, 0.717) is 0 Å². The van der Waals surface area contributed by atoms with E-state index in [1.165, 1.54) is 0 Å². The molecule has 15 heavy (non-hydrogen) atoms. The van der Waals surface area contributed by atoms with E-state index in [4.69, 9.17) is 5.11 Å². The third-order valence-electron chi connectivity index (χ3n) is 1.87. The average Bonchev–Trinajstić information content (AvgIpc) is 2.15. The first kappa shape index (κ1) is 11.5. The van der Waals surface area contributed by atoms with Crippen molar-refractivity contribution in [1.82, 2.24) is 5.32 Å². The topological polar surface area (TPSA) is 69.6 Å². The number of carbonyl (C=O) groups excluding carboxylic acids is 1. The minimum atomic E-state index is -0.543. The van der Waals surface area contributed by atoms with Gasteiger partial charge in [-0.25, -0.2) is 0 Å². The largest absolute Gasteiger partial charge is 0.508 e. The lowest BCUT2D eigenvalue weighted by atomic mass is 10.1. The molecule has 0 radical (unpaired) electrons. The summed E-state index contributed by atoms with van der Waals surface area (Å²) in [6.45, 7) is 1.85. The monoisotopic (exact) mass is 209 g/mol. The lowest BCUT2D eigenvalue weighted by Gasteiger charge is -2.07. The lowest BCUT2D eigenvalue weighted by Crippen LogP contribution is -2.31. The van der Waals surface area contributed by atoms with Crippen molar-refractivity contribution in [3.8, 4) is 5.75 Å². The summed E-state index contributed by atoms with van der Waals surface area (Å²) in [5.41, 5.74) is 0.748. The molecule has 0 fully saturated rings. The Morgan fingerprint density at radius 2 is 2.27 bits per heavy atom. The average molecular weight is 209 g/mol. The zero-order valence-electron chi connectivity index (χ0n) is 8.60. The highest BCUT2D eigenvalue weighted by atomic mass is 16.3. The Balaban J connectivity index is 2.44. The molecule has 3 N–H and O–H groups in total. The van der Waals surface area contributed by atoms with Crippen LogP contribution in [0.4, 0.5) is 0 Å². The fourth-order valence-electron chi connectivity index (χ4n) is 1.18. The summed E-state index contributed by atoms with van der Waals surface area (Å²) in [6.07, 6.45) is -0.334. The summed E-state index contributed by atoms with van der Waals surface area (Å²) in [7, 11) is 0. The van der Waals surface area contributed by atoms with E-state index in [1.807, 2.05) is 0 Å². The molecule has 0 aliphatic heterocycles. The molecule has 1 aromatic carbocycles. The molecule has 1 amide bonds. The quantitative estimate of drug-likeness (QED) is 0.673. The summed E-state index contributed by atoms with van der Waals surface area (Å²) in [4.78, 5) is 11.3. The molecule has 1 rings (SSSR count). The van der Waals surface area contributed by atoms with Gasteiger partial charge in [0.2, 0.25) is 5.91 Å². The number of hydrogen-bond acceptors (Lipinski definition) is 3. The molecular formula is C11H15NO3. The second-order valence-corrected chi connectivity index (χ2v) is 3.50. The fraction of sp³-hybridized carbons (Fsp3) is 0.364. The summed E-state index contributed by atoms with van der Waals surface area (Å²) in [6, 6.07) is 6.55. The maximum Gasteiger partial charge on any atom is 0.224 e. The molecule has 1 aromatic rings. The molecule has 0 aromatic heterocycles. The van der Waals surface area contributed by atoms with Crippen LogP contribution in [0.2, 0.25) is 0 Å². The third-order valence-corrected chi connectivity index (χ3v) is 1.87. The van der Waals surface area contributed by atoms with Gasteiger partial charge in [-0.15, -0.1) is 0 Å². The molecule has 0 unspecified atom stereocenters. The third kappa shape index (κ3) is 4.46. The standard InChI is InChI=1S/C11H15NO3/c1-8(13)7-12-11(15)6-9-3-2-4-10(14)5-9/h2-5,8,13-14H,6-7H2,1H3,(H,12,15)/t8-/m1/s1. The van der Waals surface area contributed by atoms with Gasteiger partial charge in [-0.2, -0.15) is 0 Å². The smallest absolute Gasteiger partial charge is 0.224 e. The van der Waals surface area contributed by atoms with Crippen LogP contribution < -0.4 is 5.32 Å². The Bertz CT molecular complexity index is 336. The van der Waals surface area contributed by atoms with E-state index in [1.54, 1.807) is 31.2 Å². The number of benzene rings is 1. The van der Waals surface area contributed by atoms with Crippen molar-refractivity contribution in [2.24, 2.45) is 0 Å². The molecule has 4 nitrogen and oxygen atoms in total. The second-order valence-electron chi connectivity index (χ2n) is 3.50. The van der Waals surface area contributed by atoms with Crippen LogP contribution in [0.15, 0.2) is 24.3 Å². The summed E-state index contributed by atoms with van der Waals surface area (Å²) in [5.74, 6) is -0.0164. The van der Waals surface area contributed by atoms with Gasteiger partial charge in [0.15, 0.2) is 0 Å². The molecule has 4 heteroatoms. The van der Waals surface area contributed by atoms with Crippen molar-refractivity contribution in [2.75, 3.05) is 6.54 Å². The maximum atomic E-state index is 11.3. The first-order valence-electron chi connectivity index (χ1n) is 4.80. The Labute approximate surface area is 88.6 Å². The molecule has 0 heterocycles. The van der Waals surface area contributed by atoms with Crippen LogP contribution >= 0.6 is 0 Å². The van der Waals surface area contributed by atoms with Gasteiger partial charge in [0.05, 0.1) is 12.5 Å². The van der Waals surface area contributed by atoms with Gasteiger partial charge >= 0.3 is 0 Å². The number of aromatic hydroxyl groups is 1. The number of phenolic OH excluding ortho intramolecular Hbond substituents is 1. The first-order chi connectivity index (χ1) is 7.08. The molecule has 1 atom stereocenters. The van der Waals surface area contributed by atoms with Crippen LogP contribution in [0.1, 0.15) is 12.5 Å². The van der Waals surface area contributed by atoms with Gasteiger partial charge in [-0.1, -0.05) is 12.1 Å². The minimum absolute atomic E-state index is 0.149. The number of aliphatic hydroxyl groups is 1. The molecular weight excluding hydrogens is 194 g/mol. The summed E-state index contributed by atoms with van der Waals surface area (Å²) < 4.78 is 0. The minimum Gasteiger partial charge on any atom is -0.508 e. The van der Waals surface area contributed by atoms with Gasteiger partial charge < -0.3 is 15.5 Å². The van der Waals surface area contributed by atoms with Crippen molar-refractivity contribution in [3.05, 3.63) is 29.8 Å². The molecule has 0 aliphatic rings. The Hall–Kier alpha value is -1.55. The van der Waals surface area contributed by atoms with E-state index in [2.05, 4.69) is 5.32 Å². The van der Waals surface area contributed by atoms with Gasteiger partial charge in [-0.05, 0) is 24.6 Å².